The summed E-state index contributed by atoms with van der Waals surface area (Å²) in [7, 11) is 2.25. The van der Waals surface area contributed by atoms with Crippen molar-refractivity contribution in [1.82, 2.24) is 9.88 Å². The van der Waals surface area contributed by atoms with Crippen molar-refractivity contribution in [2.75, 3.05) is 7.05 Å². The van der Waals surface area contributed by atoms with E-state index in [1.807, 2.05) is 0 Å². The zero-order valence-corrected chi connectivity index (χ0v) is 23.7. The lowest BCUT2D eigenvalue weighted by Crippen LogP contribution is -2.29. The molecule has 0 unspecified atom stereocenters. The molecule has 0 radical (unpaired) electrons. The van der Waals surface area contributed by atoms with Crippen LogP contribution in [0.15, 0.2) is 48.5 Å². The highest BCUT2D eigenvalue weighted by Crippen LogP contribution is 2.38. The summed E-state index contributed by atoms with van der Waals surface area (Å²) in [5, 5.41) is 10.1. The maximum Gasteiger partial charge on any atom is 0.128 e. The van der Waals surface area contributed by atoms with Crippen LogP contribution in [0.2, 0.25) is 0 Å². The van der Waals surface area contributed by atoms with Crippen molar-refractivity contribution in [3.63, 3.8) is 0 Å². The average molecular weight is 513 g/mol. The Morgan fingerprint density at radius 2 is 1.66 bits per heavy atom. The number of aliphatic hydroxyl groups is 1. The molecule has 1 heterocycles. The smallest absolute Gasteiger partial charge is 0.128 e. The molecule has 0 saturated heterocycles. The Kier molecular flexibility index (Phi) is 8.50. The number of hydrogen-bond acceptors (Lipinski definition) is 4. The molecule has 4 heteroatoms. The highest BCUT2D eigenvalue weighted by Gasteiger charge is 2.27. The Morgan fingerprint density at radius 3 is 2.37 bits per heavy atom. The van der Waals surface area contributed by atoms with Gasteiger partial charge in [-0.1, -0.05) is 56.3 Å². The Hall–Kier alpha value is -2.69. The number of aryl methyl sites for hydroxylation is 4. The van der Waals surface area contributed by atoms with Crippen LogP contribution in [0.3, 0.4) is 0 Å². The average Bonchev–Trinajstić information content (AvgIpc) is 2.94. The summed E-state index contributed by atoms with van der Waals surface area (Å²) in [5.41, 5.74) is 10.2. The van der Waals surface area contributed by atoms with Gasteiger partial charge in [-0.25, -0.2) is 0 Å². The molecule has 1 fully saturated rings. The summed E-state index contributed by atoms with van der Waals surface area (Å²) < 4.78 is 6.80. The minimum absolute atomic E-state index is 0.138. The Balaban J connectivity index is 1.52. The van der Waals surface area contributed by atoms with Crippen LogP contribution >= 0.6 is 0 Å². The van der Waals surface area contributed by atoms with E-state index in [0.29, 0.717) is 6.04 Å². The van der Waals surface area contributed by atoms with Gasteiger partial charge < -0.3 is 9.84 Å². The van der Waals surface area contributed by atoms with Crippen LogP contribution in [0.1, 0.15) is 91.9 Å². The third kappa shape index (κ3) is 5.67. The number of ether oxygens (including phenoxy) is 1. The second-order valence-corrected chi connectivity index (χ2v) is 11.3. The van der Waals surface area contributed by atoms with Gasteiger partial charge in [0.15, 0.2) is 0 Å². The number of aliphatic hydroxyl groups excluding tert-OH is 1. The molecule has 1 saturated carbocycles. The quantitative estimate of drug-likeness (QED) is 0.342. The SMILES string of the molecule is CCc1cccc(CC)c1-c1cc(OC2CCC(O)CC2)c(CN(C)[C@H]2CCCc3ccccc32)c(C)n1. The van der Waals surface area contributed by atoms with Crippen molar-refractivity contribution in [3.05, 3.63) is 82.0 Å². The molecule has 4 nitrogen and oxygen atoms in total. The molecule has 5 rings (SSSR count). The van der Waals surface area contributed by atoms with E-state index in [0.717, 1.165) is 62.2 Å². The summed E-state index contributed by atoms with van der Waals surface area (Å²) >= 11 is 0. The zero-order chi connectivity index (χ0) is 26.6. The lowest BCUT2D eigenvalue weighted by molar-refractivity contribution is 0.0654. The minimum atomic E-state index is -0.190. The third-order valence-electron chi connectivity index (χ3n) is 8.76. The fourth-order valence-corrected chi connectivity index (χ4v) is 6.56. The molecule has 2 aliphatic carbocycles. The normalized spacial score (nSPS) is 21.4. The van der Waals surface area contributed by atoms with E-state index in [1.54, 1.807) is 0 Å². The highest BCUT2D eigenvalue weighted by atomic mass is 16.5. The van der Waals surface area contributed by atoms with Crippen molar-refractivity contribution < 1.29 is 9.84 Å². The predicted molar refractivity (Wildman–Crippen MR) is 156 cm³/mol. The summed E-state index contributed by atoms with van der Waals surface area (Å²) in [6, 6.07) is 18.2. The van der Waals surface area contributed by atoms with Crippen molar-refractivity contribution in [3.8, 4) is 17.0 Å². The Labute approximate surface area is 229 Å². The number of rotatable bonds is 8. The molecule has 0 amide bonds. The standard InChI is InChI=1S/C34H44N2O2/c1-5-24-12-9-13-25(6-2)34(24)31-21-33(38-28-19-17-27(37)18-20-28)30(23(3)35-31)22-36(4)32-16-10-14-26-11-7-8-15-29(26)32/h7-9,11-13,15,21,27-28,32,37H,5-6,10,14,16-20,22H2,1-4H3/t27?,28?,32-/m0/s1. The maximum absolute atomic E-state index is 10.1. The van der Waals surface area contributed by atoms with Crippen LogP contribution in [-0.4, -0.2) is 34.2 Å². The van der Waals surface area contributed by atoms with Gasteiger partial charge in [0.1, 0.15) is 5.75 Å². The van der Waals surface area contributed by atoms with Gasteiger partial charge in [0.2, 0.25) is 0 Å². The van der Waals surface area contributed by atoms with Crippen molar-refractivity contribution >= 4 is 0 Å². The maximum atomic E-state index is 10.1. The van der Waals surface area contributed by atoms with Crippen LogP contribution in [-0.2, 0) is 25.8 Å². The fourth-order valence-electron chi connectivity index (χ4n) is 6.56. The first-order chi connectivity index (χ1) is 18.5. The first-order valence-corrected chi connectivity index (χ1v) is 14.7. The molecule has 1 atom stereocenters. The van der Waals surface area contributed by atoms with Gasteiger partial charge in [-0.05, 0) is 94.0 Å². The number of fused-ring (bicyclic) bond motifs is 1. The van der Waals surface area contributed by atoms with Crippen LogP contribution in [0.5, 0.6) is 5.75 Å². The van der Waals surface area contributed by atoms with Crippen molar-refractivity contribution in [2.45, 2.75) is 103 Å². The molecule has 0 aliphatic heterocycles. The molecular weight excluding hydrogens is 468 g/mol. The highest BCUT2D eigenvalue weighted by molar-refractivity contribution is 5.70. The number of pyridine rings is 1. The zero-order valence-electron chi connectivity index (χ0n) is 23.7. The van der Waals surface area contributed by atoms with Crippen LogP contribution in [0, 0.1) is 6.92 Å². The summed E-state index contributed by atoms with van der Waals surface area (Å²) in [6.07, 6.45) is 8.91. The topological polar surface area (TPSA) is 45.6 Å². The van der Waals surface area contributed by atoms with E-state index in [4.69, 9.17) is 9.72 Å². The number of nitrogens with zero attached hydrogens (tertiary/aromatic N) is 2. The van der Waals surface area contributed by atoms with Crippen molar-refractivity contribution in [2.24, 2.45) is 0 Å². The number of benzene rings is 2. The van der Waals surface area contributed by atoms with Gasteiger partial charge in [0, 0.05) is 35.5 Å². The molecule has 202 valence electrons. The molecule has 3 aromatic rings. The van der Waals surface area contributed by atoms with E-state index in [-0.39, 0.29) is 12.2 Å². The monoisotopic (exact) mass is 512 g/mol. The molecule has 38 heavy (non-hydrogen) atoms. The molecule has 2 aromatic carbocycles. The van der Waals surface area contributed by atoms with E-state index < -0.39 is 0 Å². The van der Waals surface area contributed by atoms with E-state index in [1.165, 1.54) is 52.6 Å². The number of aromatic nitrogens is 1. The summed E-state index contributed by atoms with van der Waals surface area (Å²) in [6.45, 7) is 7.40. The van der Waals surface area contributed by atoms with Gasteiger partial charge in [-0.15, -0.1) is 0 Å². The number of hydrogen-bond donors (Lipinski definition) is 1. The first-order valence-electron chi connectivity index (χ1n) is 14.7. The molecule has 1 N–H and O–H groups in total. The van der Waals surface area contributed by atoms with Gasteiger partial charge in [0.25, 0.3) is 0 Å². The fraction of sp³-hybridized carbons (Fsp3) is 0.500. The molecular formula is C34H44N2O2. The lowest BCUT2D eigenvalue weighted by Gasteiger charge is -2.34. The molecule has 0 spiro atoms. The molecule has 2 aliphatic rings. The van der Waals surface area contributed by atoms with Crippen LogP contribution in [0.4, 0.5) is 0 Å². The largest absolute Gasteiger partial charge is 0.490 e. The molecule has 1 aromatic heterocycles. The van der Waals surface area contributed by atoms with Gasteiger partial charge in [-0.3, -0.25) is 9.88 Å². The van der Waals surface area contributed by atoms with Gasteiger partial charge in [0.05, 0.1) is 17.9 Å². The second-order valence-electron chi connectivity index (χ2n) is 11.3. The van der Waals surface area contributed by atoms with E-state index >= 15 is 0 Å². The third-order valence-corrected chi connectivity index (χ3v) is 8.76. The summed E-state index contributed by atoms with van der Waals surface area (Å²) in [5.74, 6) is 0.970. The van der Waals surface area contributed by atoms with Gasteiger partial charge in [-0.2, -0.15) is 0 Å². The minimum Gasteiger partial charge on any atom is -0.490 e. The summed E-state index contributed by atoms with van der Waals surface area (Å²) in [4.78, 5) is 7.72. The van der Waals surface area contributed by atoms with Gasteiger partial charge >= 0.3 is 0 Å². The Bertz CT molecular complexity index is 1220. The molecule has 0 bridgehead atoms. The second kappa shape index (κ2) is 12.0. The van der Waals surface area contributed by atoms with Crippen molar-refractivity contribution in [1.29, 1.82) is 0 Å². The first kappa shape index (κ1) is 26.9. The predicted octanol–water partition coefficient (Wildman–Crippen LogP) is 7.37. The van der Waals surface area contributed by atoms with Crippen LogP contribution in [0.25, 0.3) is 11.3 Å². The van der Waals surface area contributed by atoms with E-state index in [2.05, 4.69) is 81.2 Å². The van der Waals surface area contributed by atoms with E-state index in [9.17, 15) is 5.11 Å². The lowest BCUT2D eigenvalue weighted by atomic mass is 9.87. The Morgan fingerprint density at radius 1 is 0.947 bits per heavy atom. The van der Waals surface area contributed by atoms with Crippen LogP contribution < -0.4 is 4.74 Å².